The minimum absolute atomic E-state index is 0.466. The van der Waals surface area contributed by atoms with E-state index in [9.17, 15) is 0 Å². The maximum absolute atomic E-state index is 5.94. The lowest BCUT2D eigenvalue weighted by atomic mass is 10.3. The molecule has 0 saturated carbocycles. The lowest BCUT2D eigenvalue weighted by molar-refractivity contribution is 0.799. The normalized spacial score (nSPS) is 10.9. The first-order chi connectivity index (χ1) is 8.74. The number of anilines is 1. The van der Waals surface area contributed by atoms with Gasteiger partial charge in [0, 0.05) is 11.9 Å². The van der Waals surface area contributed by atoms with Crippen molar-refractivity contribution >= 4 is 17.1 Å². The lowest BCUT2D eigenvalue weighted by Gasteiger charge is -2.05. The summed E-state index contributed by atoms with van der Waals surface area (Å²) < 4.78 is 1.88. The lowest BCUT2D eigenvalue weighted by Crippen LogP contribution is -2.06. The molecule has 0 aliphatic carbocycles. The van der Waals surface area contributed by atoms with Crippen LogP contribution in [-0.4, -0.2) is 19.5 Å². The molecule has 0 saturated heterocycles. The van der Waals surface area contributed by atoms with Crippen LogP contribution in [0.5, 0.6) is 0 Å². The van der Waals surface area contributed by atoms with Crippen LogP contribution in [0.3, 0.4) is 0 Å². The molecule has 5 nitrogen and oxygen atoms in total. The third-order valence-electron chi connectivity index (χ3n) is 2.81. The van der Waals surface area contributed by atoms with Crippen LogP contribution in [0.25, 0.3) is 11.2 Å². The van der Waals surface area contributed by atoms with E-state index in [4.69, 9.17) is 5.73 Å². The summed E-state index contributed by atoms with van der Waals surface area (Å²) in [6.07, 6.45) is 1.77. The Labute approximate surface area is 104 Å². The highest BCUT2D eigenvalue weighted by atomic mass is 15.2. The van der Waals surface area contributed by atoms with Crippen molar-refractivity contribution in [2.45, 2.75) is 13.5 Å². The zero-order valence-electron chi connectivity index (χ0n) is 10.0. The van der Waals surface area contributed by atoms with Gasteiger partial charge in [0.2, 0.25) is 5.95 Å². The van der Waals surface area contributed by atoms with Crippen molar-refractivity contribution in [1.29, 1.82) is 0 Å². The van der Waals surface area contributed by atoms with Crippen molar-refractivity contribution in [2.75, 3.05) is 5.73 Å². The van der Waals surface area contributed by atoms with E-state index in [1.165, 1.54) is 0 Å². The van der Waals surface area contributed by atoms with Crippen molar-refractivity contribution in [2.24, 2.45) is 0 Å². The Morgan fingerprint density at radius 1 is 1.17 bits per heavy atom. The highest BCUT2D eigenvalue weighted by Gasteiger charge is 2.10. The molecule has 3 heterocycles. The predicted octanol–water partition coefficient (Wildman–Crippen LogP) is 1.77. The molecular weight excluding hydrogens is 226 g/mol. The fourth-order valence-electron chi connectivity index (χ4n) is 1.92. The number of hydrogen-bond acceptors (Lipinski definition) is 4. The van der Waals surface area contributed by atoms with Gasteiger partial charge in [0.25, 0.3) is 0 Å². The largest absolute Gasteiger partial charge is 0.369 e. The highest BCUT2D eigenvalue weighted by Crippen LogP contribution is 2.17. The first-order valence-electron chi connectivity index (χ1n) is 5.73. The number of nitrogens with two attached hydrogens (primary N) is 1. The second-order valence-corrected chi connectivity index (χ2v) is 4.17. The number of rotatable bonds is 2. The van der Waals surface area contributed by atoms with E-state index in [0.29, 0.717) is 12.5 Å². The van der Waals surface area contributed by atoms with Gasteiger partial charge in [-0.2, -0.15) is 0 Å². The van der Waals surface area contributed by atoms with Gasteiger partial charge < -0.3 is 5.73 Å². The maximum atomic E-state index is 5.94. The number of aromatic nitrogens is 4. The van der Waals surface area contributed by atoms with Gasteiger partial charge in [-0.3, -0.25) is 9.55 Å². The van der Waals surface area contributed by atoms with E-state index >= 15 is 0 Å². The van der Waals surface area contributed by atoms with E-state index in [-0.39, 0.29) is 0 Å². The van der Waals surface area contributed by atoms with Crippen molar-refractivity contribution in [3.8, 4) is 0 Å². The molecule has 0 spiro atoms. The molecular formula is C13H13N5. The Bertz CT molecular complexity index is 687. The minimum Gasteiger partial charge on any atom is -0.369 e. The Morgan fingerprint density at radius 2 is 2.06 bits per heavy atom. The van der Waals surface area contributed by atoms with E-state index < -0.39 is 0 Å². The summed E-state index contributed by atoms with van der Waals surface area (Å²) in [6.45, 7) is 2.54. The van der Waals surface area contributed by atoms with E-state index in [2.05, 4.69) is 15.0 Å². The average molecular weight is 239 g/mol. The number of aryl methyl sites for hydroxylation is 1. The topological polar surface area (TPSA) is 69.6 Å². The monoisotopic (exact) mass is 239 g/mol. The SMILES string of the molecule is Cc1ccc2nc(N)n(Cc3ccccn3)c2n1. The Morgan fingerprint density at radius 3 is 2.83 bits per heavy atom. The standard InChI is InChI=1S/C13H13N5/c1-9-5-6-11-12(16-9)18(13(14)17-11)8-10-4-2-3-7-15-10/h2-7H,8H2,1H3,(H2,14,17). The third-order valence-corrected chi connectivity index (χ3v) is 2.81. The van der Waals surface area contributed by atoms with Gasteiger partial charge >= 0.3 is 0 Å². The Balaban J connectivity index is 2.11. The van der Waals surface area contributed by atoms with E-state index in [0.717, 1.165) is 22.6 Å². The molecule has 0 aliphatic rings. The molecule has 0 radical (unpaired) electrons. The minimum atomic E-state index is 0.466. The molecule has 0 unspecified atom stereocenters. The van der Waals surface area contributed by atoms with Crippen LogP contribution in [0.1, 0.15) is 11.4 Å². The van der Waals surface area contributed by atoms with Gasteiger partial charge in [-0.1, -0.05) is 6.07 Å². The average Bonchev–Trinajstić information content (AvgIpc) is 2.67. The van der Waals surface area contributed by atoms with Gasteiger partial charge in [0.15, 0.2) is 5.65 Å². The van der Waals surface area contributed by atoms with Crippen LogP contribution in [0.2, 0.25) is 0 Å². The predicted molar refractivity (Wildman–Crippen MR) is 70.0 cm³/mol. The summed E-state index contributed by atoms with van der Waals surface area (Å²) in [5.74, 6) is 0.466. The molecule has 3 aromatic rings. The van der Waals surface area contributed by atoms with Gasteiger partial charge in [-0.05, 0) is 31.2 Å². The zero-order valence-corrected chi connectivity index (χ0v) is 10.0. The summed E-state index contributed by atoms with van der Waals surface area (Å²) in [4.78, 5) is 13.1. The Kier molecular flexibility index (Phi) is 2.44. The summed E-state index contributed by atoms with van der Waals surface area (Å²) in [5.41, 5.74) is 9.44. The van der Waals surface area contributed by atoms with Crippen molar-refractivity contribution in [3.05, 3.63) is 47.9 Å². The summed E-state index contributed by atoms with van der Waals surface area (Å²) in [7, 11) is 0. The number of hydrogen-bond donors (Lipinski definition) is 1. The van der Waals surface area contributed by atoms with Crippen LogP contribution in [0, 0.1) is 6.92 Å². The molecule has 5 heteroatoms. The number of nitrogens with zero attached hydrogens (tertiary/aromatic N) is 4. The second-order valence-electron chi connectivity index (χ2n) is 4.17. The molecule has 2 N–H and O–H groups in total. The summed E-state index contributed by atoms with van der Waals surface area (Å²) in [5, 5.41) is 0. The molecule has 0 amide bonds. The molecule has 0 bridgehead atoms. The number of nitrogen functional groups attached to an aromatic ring is 1. The van der Waals surface area contributed by atoms with Crippen LogP contribution in [-0.2, 0) is 6.54 Å². The van der Waals surface area contributed by atoms with Gasteiger partial charge in [0.05, 0.1) is 12.2 Å². The zero-order chi connectivity index (χ0) is 12.5. The van der Waals surface area contributed by atoms with Crippen LogP contribution in [0.4, 0.5) is 5.95 Å². The molecule has 0 aromatic carbocycles. The van der Waals surface area contributed by atoms with Crippen LogP contribution < -0.4 is 5.73 Å². The Hall–Kier alpha value is -2.43. The molecule has 0 atom stereocenters. The first-order valence-corrected chi connectivity index (χ1v) is 5.73. The fourth-order valence-corrected chi connectivity index (χ4v) is 1.92. The van der Waals surface area contributed by atoms with Crippen molar-refractivity contribution < 1.29 is 0 Å². The summed E-state index contributed by atoms with van der Waals surface area (Å²) >= 11 is 0. The molecule has 90 valence electrons. The van der Waals surface area contributed by atoms with Crippen LogP contribution >= 0.6 is 0 Å². The highest BCUT2D eigenvalue weighted by molar-refractivity contribution is 5.74. The molecule has 0 fully saturated rings. The van der Waals surface area contributed by atoms with Gasteiger partial charge in [0.1, 0.15) is 5.52 Å². The van der Waals surface area contributed by atoms with Crippen molar-refractivity contribution in [1.82, 2.24) is 19.5 Å². The smallest absolute Gasteiger partial charge is 0.202 e. The number of pyridine rings is 2. The van der Waals surface area contributed by atoms with Crippen LogP contribution in [0.15, 0.2) is 36.5 Å². The van der Waals surface area contributed by atoms with E-state index in [1.54, 1.807) is 6.20 Å². The number of fused-ring (bicyclic) bond motifs is 1. The molecule has 3 aromatic heterocycles. The second kappa shape index (κ2) is 4.10. The van der Waals surface area contributed by atoms with Crippen molar-refractivity contribution in [3.63, 3.8) is 0 Å². The first kappa shape index (κ1) is 10.7. The van der Waals surface area contributed by atoms with Gasteiger partial charge in [-0.15, -0.1) is 0 Å². The molecule has 3 rings (SSSR count). The quantitative estimate of drug-likeness (QED) is 0.739. The van der Waals surface area contributed by atoms with E-state index in [1.807, 2.05) is 41.8 Å². The summed E-state index contributed by atoms with van der Waals surface area (Å²) in [6, 6.07) is 9.67. The number of imidazole rings is 1. The van der Waals surface area contributed by atoms with Gasteiger partial charge in [-0.25, -0.2) is 9.97 Å². The molecule has 0 aliphatic heterocycles. The molecule has 18 heavy (non-hydrogen) atoms. The maximum Gasteiger partial charge on any atom is 0.202 e. The third kappa shape index (κ3) is 1.79. The fraction of sp³-hybridized carbons (Fsp3) is 0.154.